The first-order valence-corrected chi connectivity index (χ1v) is 19.9. The molecule has 0 aliphatic rings. The van der Waals surface area contributed by atoms with Crippen LogP contribution in [0.2, 0.25) is 55.9 Å². The molecule has 0 spiro atoms. The summed E-state index contributed by atoms with van der Waals surface area (Å²) in [5.41, 5.74) is 3.49. The van der Waals surface area contributed by atoms with Crippen molar-refractivity contribution in [1.82, 2.24) is 0 Å². The maximum Gasteiger partial charge on any atom is 0.192 e. The van der Waals surface area contributed by atoms with Gasteiger partial charge in [-0.05, 0) is 49.1 Å². The molecule has 0 rings (SSSR count). The zero-order valence-corrected chi connectivity index (χ0v) is 23.7. The van der Waals surface area contributed by atoms with Crippen molar-refractivity contribution in [2.24, 2.45) is 0 Å². The molecule has 0 aromatic carbocycles. The molecule has 0 heterocycles. The molecule has 1 atom stereocenters. The van der Waals surface area contributed by atoms with Crippen LogP contribution >= 0.6 is 0 Å². The number of hydrogen-bond donors (Lipinski definition) is 0. The monoisotopic (exact) mass is 428 g/mol. The standard InChI is InChI=1S/C22H48O2Si3/c1-21(2,3)26(10,11)23-18-17-20(16-14-15-19-25(7,8)9)24-27(12,13)22(4,5)6/h20H,14,16-18H2,1-13H3. The van der Waals surface area contributed by atoms with Crippen LogP contribution in [-0.2, 0) is 8.85 Å². The third kappa shape index (κ3) is 10.5. The van der Waals surface area contributed by atoms with E-state index in [0.717, 1.165) is 25.9 Å². The molecule has 0 aliphatic carbocycles. The summed E-state index contributed by atoms with van der Waals surface area (Å²) in [6.45, 7) is 30.9. The van der Waals surface area contributed by atoms with Crippen LogP contribution in [0.15, 0.2) is 0 Å². The van der Waals surface area contributed by atoms with E-state index in [2.05, 4.69) is 98.8 Å². The zero-order chi connectivity index (χ0) is 21.7. The van der Waals surface area contributed by atoms with Gasteiger partial charge in [-0.15, -0.1) is 11.5 Å². The highest BCUT2D eigenvalue weighted by Crippen LogP contribution is 2.39. The Hall–Kier alpha value is 0.131. The van der Waals surface area contributed by atoms with Crippen molar-refractivity contribution in [3.8, 4) is 11.5 Å². The van der Waals surface area contributed by atoms with Crippen LogP contribution in [0.4, 0.5) is 0 Å². The lowest BCUT2D eigenvalue weighted by Crippen LogP contribution is -2.45. The van der Waals surface area contributed by atoms with Crippen molar-refractivity contribution in [2.75, 3.05) is 6.61 Å². The molecule has 160 valence electrons. The van der Waals surface area contributed by atoms with E-state index in [1.807, 2.05) is 0 Å². The minimum atomic E-state index is -1.78. The fourth-order valence-electron chi connectivity index (χ4n) is 2.08. The summed E-state index contributed by atoms with van der Waals surface area (Å²) in [4.78, 5) is 0. The normalized spacial score (nSPS) is 15.3. The average molecular weight is 429 g/mol. The summed E-state index contributed by atoms with van der Waals surface area (Å²) < 4.78 is 13.2. The molecular formula is C22H48O2Si3. The van der Waals surface area contributed by atoms with Crippen LogP contribution in [0.5, 0.6) is 0 Å². The van der Waals surface area contributed by atoms with Gasteiger partial charge in [0.2, 0.25) is 0 Å². The third-order valence-corrected chi connectivity index (χ3v) is 16.0. The average Bonchev–Trinajstić information content (AvgIpc) is 2.39. The van der Waals surface area contributed by atoms with Gasteiger partial charge >= 0.3 is 0 Å². The molecule has 0 bridgehead atoms. The van der Waals surface area contributed by atoms with E-state index in [1.165, 1.54) is 0 Å². The van der Waals surface area contributed by atoms with Crippen LogP contribution in [0.1, 0.15) is 60.8 Å². The van der Waals surface area contributed by atoms with Gasteiger partial charge in [-0.2, -0.15) is 0 Å². The van der Waals surface area contributed by atoms with Gasteiger partial charge in [0.25, 0.3) is 0 Å². The summed E-state index contributed by atoms with van der Waals surface area (Å²) in [6.07, 6.45) is 3.19. The Morgan fingerprint density at radius 2 is 1.22 bits per heavy atom. The Balaban J connectivity index is 5.00. The lowest BCUT2D eigenvalue weighted by atomic mass is 10.1. The molecule has 1 unspecified atom stereocenters. The molecule has 2 nitrogen and oxygen atoms in total. The second-order valence-electron chi connectivity index (χ2n) is 12.0. The summed E-state index contributed by atoms with van der Waals surface area (Å²) in [6, 6.07) is 0. The van der Waals surface area contributed by atoms with E-state index in [1.54, 1.807) is 0 Å². The quantitative estimate of drug-likeness (QED) is 0.295. The van der Waals surface area contributed by atoms with E-state index >= 15 is 0 Å². The summed E-state index contributed by atoms with van der Waals surface area (Å²) in [5.74, 6) is 3.43. The van der Waals surface area contributed by atoms with E-state index in [-0.39, 0.29) is 16.2 Å². The van der Waals surface area contributed by atoms with Gasteiger partial charge in [-0.1, -0.05) is 61.2 Å². The van der Waals surface area contributed by atoms with Gasteiger partial charge < -0.3 is 8.85 Å². The van der Waals surface area contributed by atoms with Gasteiger partial charge in [0.15, 0.2) is 16.6 Å². The van der Waals surface area contributed by atoms with Gasteiger partial charge in [0.05, 0.1) is 0 Å². The molecule has 0 fully saturated rings. The van der Waals surface area contributed by atoms with Crippen LogP contribution in [0.3, 0.4) is 0 Å². The lowest BCUT2D eigenvalue weighted by molar-refractivity contribution is 0.135. The maximum absolute atomic E-state index is 6.75. The third-order valence-electron chi connectivity index (χ3n) is 6.03. The van der Waals surface area contributed by atoms with Gasteiger partial charge in [-0.3, -0.25) is 0 Å². The lowest BCUT2D eigenvalue weighted by Gasteiger charge is -2.40. The maximum atomic E-state index is 6.75. The second kappa shape index (κ2) is 9.75. The molecule has 0 aliphatic heterocycles. The number of rotatable bonds is 8. The highest BCUT2D eigenvalue weighted by Gasteiger charge is 2.40. The van der Waals surface area contributed by atoms with E-state index in [0.29, 0.717) is 0 Å². The predicted molar refractivity (Wildman–Crippen MR) is 130 cm³/mol. The molecule has 0 saturated heterocycles. The van der Waals surface area contributed by atoms with Crippen LogP contribution in [-0.4, -0.2) is 37.4 Å². The molecule has 0 aromatic rings. The highest BCUT2D eigenvalue weighted by molar-refractivity contribution is 6.83. The summed E-state index contributed by atoms with van der Waals surface area (Å²) in [5, 5.41) is 0.487. The molecule has 5 heteroatoms. The van der Waals surface area contributed by atoms with Crippen molar-refractivity contribution >= 4 is 24.7 Å². The van der Waals surface area contributed by atoms with Gasteiger partial charge in [0.1, 0.15) is 8.07 Å². The Morgan fingerprint density at radius 1 is 0.741 bits per heavy atom. The van der Waals surface area contributed by atoms with E-state index in [4.69, 9.17) is 8.85 Å². The minimum Gasteiger partial charge on any atom is -0.417 e. The SMILES string of the molecule is CC(C)(C)[Si](C)(C)OCCC(CCC#C[Si](C)(C)C)O[Si](C)(C)C(C)(C)C. The summed E-state index contributed by atoms with van der Waals surface area (Å²) >= 11 is 0. The molecule has 0 saturated carbocycles. The smallest absolute Gasteiger partial charge is 0.192 e. The molecule has 0 amide bonds. The van der Waals surface area contributed by atoms with Crippen molar-refractivity contribution in [1.29, 1.82) is 0 Å². The minimum absolute atomic E-state index is 0.232. The molecule has 27 heavy (non-hydrogen) atoms. The van der Waals surface area contributed by atoms with Gasteiger partial charge in [-0.25, -0.2) is 0 Å². The van der Waals surface area contributed by atoms with Crippen molar-refractivity contribution in [2.45, 2.75) is 123 Å². The molecular weight excluding hydrogens is 380 g/mol. The Bertz CT molecular complexity index is 509. The first-order valence-electron chi connectivity index (χ1n) is 10.6. The van der Waals surface area contributed by atoms with E-state index in [9.17, 15) is 0 Å². The first kappa shape index (κ1) is 27.1. The Kier molecular flexibility index (Phi) is 9.80. The topological polar surface area (TPSA) is 18.5 Å². The largest absolute Gasteiger partial charge is 0.417 e. The number of hydrogen-bond acceptors (Lipinski definition) is 2. The van der Waals surface area contributed by atoms with Crippen molar-refractivity contribution in [3.63, 3.8) is 0 Å². The van der Waals surface area contributed by atoms with Crippen LogP contribution < -0.4 is 0 Å². The zero-order valence-electron chi connectivity index (χ0n) is 20.7. The molecule has 0 N–H and O–H groups in total. The highest BCUT2D eigenvalue weighted by atomic mass is 28.4. The molecule has 0 radical (unpaired) electrons. The first-order chi connectivity index (χ1) is 11.8. The van der Waals surface area contributed by atoms with Crippen molar-refractivity contribution in [3.05, 3.63) is 0 Å². The fourth-order valence-corrected chi connectivity index (χ4v) is 5.22. The van der Waals surface area contributed by atoms with Crippen LogP contribution in [0, 0.1) is 11.5 Å². The van der Waals surface area contributed by atoms with E-state index < -0.39 is 24.7 Å². The molecule has 0 aromatic heterocycles. The van der Waals surface area contributed by atoms with Gasteiger partial charge in [0, 0.05) is 19.1 Å². The van der Waals surface area contributed by atoms with Crippen molar-refractivity contribution < 1.29 is 8.85 Å². The second-order valence-corrected chi connectivity index (χ2v) is 26.3. The summed E-state index contributed by atoms with van der Waals surface area (Å²) in [7, 11) is -4.77. The predicted octanol–water partition coefficient (Wildman–Crippen LogP) is 7.45. The Labute approximate surface area is 174 Å². The van der Waals surface area contributed by atoms with Crippen LogP contribution in [0.25, 0.3) is 0 Å². The Morgan fingerprint density at radius 3 is 1.63 bits per heavy atom. The fraction of sp³-hybridized carbons (Fsp3) is 0.909.